The van der Waals surface area contributed by atoms with E-state index in [4.69, 9.17) is 28.5 Å². The Labute approximate surface area is 233 Å². The number of hydroxylamine groups is 1. The molecule has 8 N–H and O–H groups in total. The maximum atomic E-state index is 10.8. The number of aliphatic hydroxyl groups excluding tert-OH is 6. The Balaban J connectivity index is 1.47. The van der Waals surface area contributed by atoms with Crippen LogP contribution in [0.5, 0.6) is 0 Å². The third-order valence-corrected chi connectivity index (χ3v) is 6.46. The molecule has 40 heavy (non-hydrogen) atoms. The monoisotopic (exact) mass is 577 g/mol. The maximum absolute atomic E-state index is 10.8. The summed E-state index contributed by atoms with van der Waals surface area (Å²) in [5, 5.41) is 62.3. The SMILES string of the molecule is Cc1c[nH+]cc(CONCCCO[C@H]2OC(CO)[C@@H](O[C@H]3OC(CO)[C@@H](OC(C)(C)C)[C@@H](O)C3O)[C@@H](O)C2O)c1. The van der Waals surface area contributed by atoms with Crippen molar-refractivity contribution < 1.29 is 64.1 Å². The van der Waals surface area contributed by atoms with Crippen molar-refractivity contribution in [3.05, 3.63) is 29.6 Å². The summed E-state index contributed by atoms with van der Waals surface area (Å²) in [6.45, 7) is 7.04. The molecule has 0 aromatic carbocycles. The van der Waals surface area contributed by atoms with Gasteiger partial charge in [-0.2, -0.15) is 0 Å². The van der Waals surface area contributed by atoms with E-state index in [2.05, 4.69) is 10.5 Å². The fraction of sp³-hybridized carbons (Fsp3) is 0.808. The number of hydrogen-bond donors (Lipinski definition) is 7. The fourth-order valence-corrected chi connectivity index (χ4v) is 4.52. The van der Waals surface area contributed by atoms with E-state index < -0.39 is 80.2 Å². The van der Waals surface area contributed by atoms with Crippen LogP contribution in [0, 0.1) is 6.92 Å². The highest BCUT2D eigenvalue weighted by molar-refractivity contribution is 5.12. The highest BCUT2D eigenvalue weighted by Crippen LogP contribution is 2.31. The number of aryl methyl sites for hydroxylation is 1. The first-order valence-corrected chi connectivity index (χ1v) is 13.5. The predicted molar refractivity (Wildman–Crippen MR) is 136 cm³/mol. The van der Waals surface area contributed by atoms with E-state index in [-0.39, 0.29) is 6.61 Å². The third-order valence-electron chi connectivity index (χ3n) is 6.46. The summed E-state index contributed by atoms with van der Waals surface area (Å²) in [6, 6.07) is 2.00. The molecule has 0 bridgehead atoms. The molecule has 2 fully saturated rings. The van der Waals surface area contributed by atoms with Crippen LogP contribution in [0.1, 0.15) is 38.3 Å². The van der Waals surface area contributed by atoms with Gasteiger partial charge in [-0.15, -0.1) is 0 Å². The zero-order chi connectivity index (χ0) is 29.4. The molecule has 1 aromatic heterocycles. The van der Waals surface area contributed by atoms with Gasteiger partial charge in [0.25, 0.3) is 0 Å². The second-order valence-corrected chi connectivity index (χ2v) is 11.0. The van der Waals surface area contributed by atoms with Crippen LogP contribution in [0.3, 0.4) is 0 Å². The number of aliphatic hydroxyl groups is 6. The molecule has 10 atom stereocenters. The smallest absolute Gasteiger partial charge is 0.187 e. The molecule has 3 rings (SSSR count). The van der Waals surface area contributed by atoms with E-state index in [0.717, 1.165) is 11.1 Å². The van der Waals surface area contributed by atoms with Gasteiger partial charge in [0.05, 0.1) is 32.0 Å². The first-order chi connectivity index (χ1) is 18.9. The molecule has 0 saturated carbocycles. The Morgan fingerprint density at radius 1 is 0.900 bits per heavy atom. The number of aromatic nitrogens is 1. The number of hydrogen-bond acceptors (Lipinski definition) is 13. The Morgan fingerprint density at radius 2 is 1.52 bits per heavy atom. The van der Waals surface area contributed by atoms with Gasteiger partial charge in [0, 0.05) is 17.7 Å². The predicted octanol–water partition coefficient (Wildman–Crippen LogP) is -2.32. The summed E-state index contributed by atoms with van der Waals surface area (Å²) in [6.07, 6.45) is -9.41. The van der Waals surface area contributed by atoms with Crippen LogP contribution in [-0.4, -0.2) is 124 Å². The normalized spacial score (nSPS) is 35.1. The minimum atomic E-state index is -1.62. The van der Waals surface area contributed by atoms with Crippen molar-refractivity contribution in [1.82, 2.24) is 5.48 Å². The minimum absolute atomic E-state index is 0.149. The number of rotatable bonds is 13. The van der Waals surface area contributed by atoms with Gasteiger partial charge in [0.15, 0.2) is 25.0 Å². The quantitative estimate of drug-likeness (QED) is 0.0974. The molecule has 2 aliphatic rings. The van der Waals surface area contributed by atoms with E-state index in [0.29, 0.717) is 19.6 Å². The first-order valence-electron chi connectivity index (χ1n) is 13.5. The molecule has 0 amide bonds. The lowest BCUT2D eigenvalue weighted by Crippen LogP contribution is -2.65. The zero-order valence-corrected chi connectivity index (χ0v) is 23.4. The molecular weight excluding hydrogens is 532 g/mol. The van der Waals surface area contributed by atoms with E-state index in [9.17, 15) is 30.6 Å². The third kappa shape index (κ3) is 9.06. The molecule has 1 aromatic rings. The second-order valence-electron chi connectivity index (χ2n) is 11.0. The van der Waals surface area contributed by atoms with Crippen molar-refractivity contribution in [2.24, 2.45) is 0 Å². The van der Waals surface area contributed by atoms with E-state index in [1.165, 1.54) is 0 Å². The van der Waals surface area contributed by atoms with Gasteiger partial charge in [-0.3, -0.25) is 4.84 Å². The van der Waals surface area contributed by atoms with Crippen molar-refractivity contribution in [3.63, 3.8) is 0 Å². The average molecular weight is 578 g/mol. The molecule has 2 saturated heterocycles. The van der Waals surface area contributed by atoms with E-state index in [1.54, 1.807) is 20.8 Å². The molecule has 230 valence electrons. The lowest BCUT2D eigenvalue weighted by atomic mass is 9.96. The summed E-state index contributed by atoms with van der Waals surface area (Å²) in [7, 11) is 0. The fourth-order valence-electron chi connectivity index (χ4n) is 4.52. The molecule has 0 radical (unpaired) electrons. The van der Waals surface area contributed by atoms with Crippen LogP contribution in [0.4, 0.5) is 0 Å². The van der Waals surface area contributed by atoms with Crippen LogP contribution < -0.4 is 10.5 Å². The maximum Gasteiger partial charge on any atom is 0.187 e. The minimum Gasteiger partial charge on any atom is -0.394 e. The average Bonchev–Trinajstić information content (AvgIpc) is 2.90. The van der Waals surface area contributed by atoms with Crippen molar-refractivity contribution in [2.75, 3.05) is 26.4 Å². The van der Waals surface area contributed by atoms with E-state index in [1.807, 2.05) is 25.4 Å². The van der Waals surface area contributed by atoms with Gasteiger partial charge < -0.3 is 54.3 Å². The number of H-pyrrole nitrogens is 1. The molecular formula is C26H45N2O12+. The highest BCUT2D eigenvalue weighted by Gasteiger charge is 2.51. The van der Waals surface area contributed by atoms with Crippen molar-refractivity contribution in [1.29, 1.82) is 0 Å². The van der Waals surface area contributed by atoms with Crippen LogP contribution in [0.15, 0.2) is 18.5 Å². The molecule has 3 heterocycles. The lowest BCUT2D eigenvalue weighted by molar-refractivity contribution is -0.379. The summed E-state index contributed by atoms with van der Waals surface area (Å²) in [5.41, 5.74) is 4.19. The van der Waals surface area contributed by atoms with Crippen molar-refractivity contribution in [2.45, 2.75) is 108 Å². The Kier molecular flexibility index (Phi) is 12.6. The number of nitrogens with one attached hydrogen (secondary N) is 2. The van der Waals surface area contributed by atoms with Crippen LogP contribution in [0.2, 0.25) is 0 Å². The molecule has 14 nitrogen and oxygen atoms in total. The van der Waals surface area contributed by atoms with Crippen molar-refractivity contribution in [3.8, 4) is 0 Å². The van der Waals surface area contributed by atoms with Crippen LogP contribution in [-0.2, 0) is 35.1 Å². The molecule has 4 unspecified atom stereocenters. The standard InChI is InChI=1S/C26H44N2O12/c1-14-8-15(10-27-9-14)13-36-28-6-5-7-35-24-20(33)18(31)22(16(11-29)37-24)39-25-21(34)19(32)23(17(12-30)38-25)40-26(2,3)4/h8-10,16-25,28-34H,5-7,11-13H2,1-4H3/p+1/t16?,17?,18-,19-,20?,21?,22+,23+,24-,25+/m0/s1. The molecule has 14 heteroatoms. The van der Waals surface area contributed by atoms with Crippen LogP contribution >= 0.6 is 0 Å². The summed E-state index contributed by atoms with van der Waals surface area (Å²) in [4.78, 5) is 8.45. The molecule has 2 aliphatic heterocycles. The first kappa shape index (κ1) is 33.1. The van der Waals surface area contributed by atoms with Gasteiger partial charge in [0.2, 0.25) is 0 Å². The Bertz CT molecular complexity index is 885. The topological polar surface area (TPSA) is 203 Å². The number of pyridine rings is 1. The van der Waals surface area contributed by atoms with Gasteiger partial charge >= 0.3 is 0 Å². The van der Waals surface area contributed by atoms with Gasteiger partial charge in [-0.25, -0.2) is 10.5 Å². The van der Waals surface area contributed by atoms with Gasteiger partial charge in [0.1, 0.15) is 48.8 Å². The Hall–Kier alpha value is -1.37. The van der Waals surface area contributed by atoms with Crippen molar-refractivity contribution >= 4 is 0 Å². The molecule has 0 aliphatic carbocycles. The number of ether oxygens (including phenoxy) is 5. The largest absolute Gasteiger partial charge is 0.394 e. The summed E-state index contributed by atoms with van der Waals surface area (Å²) in [5.74, 6) is 0. The molecule has 0 spiro atoms. The summed E-state index contributed by atoms with van der Waals surface area (Å²) < 4.78 is 28.3. The summed E-state index contributed by atoms with van der Waals surface area (Å²) >= 11 is 0. The zero-order valence-electron chi connectivity index (χ0n) is 23.4. The van der Waals surface area contributed by atoms with Gasteiger partial charge in [-0.05, 0) is 40.2 Å². The van der Waals surface area contributed by atoms with Crippen LogP contribution in [0.25, 0.3) is 0 Å². The highest BCUT2D eigenvalue weighted by atomic mass is 16.7. The second kappa shape index (κ2) is 15.2. The Morgan fingerprint density at radius 3 is 2.17 bits per heavy atom. The van der Waals surface area contributed by atoms with Gasteiger partial charge in [-0.1, -0.05) is 0 Å². The van der Waals surface area contributed by atoms with E-state index >= 15 is 0 Å². The lowest BCUT2D eigenvalue weighted by Gasteiger charge is -2.47. The number of aromatic amines is 1.